The minimum atomic E-state index is -1.10. The molecule has 2 aromatic rings. The van der Waals surface area contributed by atoms with E-state index in [1.807, 2.05) is 24.3 Å². The SMILES string of the molecule is CCCC1(NC(=O)OC[C@@H](N)C(=O)OC2CCC(NC(=O)Oc3ccc(C[C@@H]4C(=O)OC[C@H]4Cc4ccc(OC)c(OC)c4)cc3OC)CC2)CC2CCCC(C)(C2)C1. The van der Waals surface area contributed by atoms with Gasteiger partial charge in [0, 0.05) is 17.5 Å². The number of alkyl carbamates (subject to hydrolysis) is 1. The highest BCUT2D eigenvalue weighted by Crippen LogP contribution is 2.53. The van der Waals surface area contributed by atoms with E-state index in [1.54, 1.807) is 26.4 Å². The van der Waals surface area contributed by atoms with Gasteiger partial charge in [0.05, 0.1) is 33.9 Å². The molecule has 6 rings (SSSR count). The molecule has 3 unspecified atom stereocenters. The molecule has 3 aliphatic carbocycles. The van der Waals surface area contributed by atoms with Gasteiger partial charge in [-0.25, -0.2) is 9.59 Å². The summed E-state index contributed by atoms with van der Waals surface area (Å²) in [6, 6.07) is 9.69. The van der Waals surface area contributed by atoms with Crippen molar-refractivity contribution in [3.63, 3.8) is 0 Å². The molecule has 4 N–H and O–H groups in total. The zero-order valence-corrected chi connectivity index (χ0v) is 35.3. The van der Waals surface area contributed by atoms with Crippen LogP contribution in [0, 0.1) is 23.2 Å². The van der Waals surface area contributed by atoms with Crippen molar-refractivity contribution >= 4 is 24.1 Å². The molecule has 0 aromatic heterocycles. The van der Waals surface area contributed by atoms with Crippen molar-refractivity contribution in [1.29, 1.82) is 0 Å². The third-order valence-corrected chi connectivity index (χ3v) is 12.8. The van der Waals surface area contributed by atoms with Crippen LogP contribution in [-0.4, -0.2) is 82.4 Å². The molecule has 6 atom stereocenters. The van der Waals surface area contributed by atoms with Gasteiger partial charge in [-0.3, -0.25) is 9.59 Å². The zero-order valence-electron chi connectivity index (χ0n) is 35.3. The van der Waals surface area contributed by atoms with Crippen molar-refractivity contribution in [2.45, 2.75) is 127 Å². The van der Waals surface area contributed by atoms with Gasteiger partial charge in [-0.1, -0.05) is 45.2 Å². The van der Waals surface area contributed by atoms with Crippen molar-refractivity contribution < 1.29 is 52.3 Å². The van der Waals surface area contributed by atoms with Gasteiger partial charge in [0.25, 0.3) is 0 Å². The van der Waals surface area contributed by atoms with E-state index in [1.165, 1.54) is 32.8 Å². The Balaban J connectivity index is 0.921. The number of carbonyl (C=O) groups is 4. The van der Waals surface area contributed by atoms with Gasteiger partial charge < -0.3 is 49.5 Å². The van der Waals surface area contributed by atoms with E-state index in [4.69, 9.17) is 38.9 Å². The Hall–Kier alpha value is -4.72. The Kier molecular flexibility index (Phi) is 14.5. The summed E-state index contributed by atoms with van der Waals surface area (Å²) < 4.78 is 38.6. The van der Waals surface area contributed by atoms with Crippen LogP contribution in [0.1, 0.15) is 102 Å². The molecular weight excluding hydrogens is 759 g/mol. The number of nitrogens with one attached hydrogen (secondary N) is 2. The Bertz CT molecular complexity index is 1800. The summed E-state index contributed by atoms with van der Waals surface area (Å²) in [5, 5.41) is 6.10. The molecule has 14 nitrogen and oxygen atoms in total. The van der Waals surface area contributed by atoms with Crippen LogP contribution in [0.25, 0.3) is 0 Å². The van der Waals surface area contributed by atoms with Crippen molar-refractivity contribution in [1.82, 2.24) is 10.6 Å². The smallest absolute Gasteiger partial charge is 0.412 e. The van der Waals surface area contributed by atoms with Gasteiger partial charge in [-0.05, 0) is 117 Å². The lowest BCUT2D eigenvalue weighted by molar-refractivity contribution is -0.153. The summed E-state index contributed by atoms with van der Waals surface area (Å²) >= 11 is 0. The number of amides is 2. The molecule has 1 heterocycles. The molecule has 1 aliphatic heterocycles. The van der Waals surface area contributed by atoms with Crippen LogP contribution in [-0.2, 0) is 36.6 Å². The summed E-state index contributed by atoms with van der Waals surface area (Å²) in [6.45, 7) is 4.53. The molecule has 2 amide bonds. The van der Waals surface area contributed by atoms with Crippen molar-refractivity contribution in [3.8, 4) is 23.0 Å². The first-order valence-corrected chi connectivity index (χ1v) is 21.3. The number of hydrogen-bond acceptors (Lipinski definition) is 12. The topological polar surface area (TPSA) is 183 Å². The third-order valence-electron chi connectivity index (χ3n) is 12.8. The Morgan fingerprint density at radius 2 is 1.56 bits per heavy atom. The average molecular weight is 822 g/mol. The van der Waals surface area contributed by atoms with Crippen molar-refractivity contribution in [3.05, 3.63) is 47.5 Å². The molecule has 3 saturated carbocycles. The molecular formula is C45H63N3O11. The highest BCUT2D eigenvalue weighted by Gasteiger charge is 2.48. The fourth-order valence-electron chi connectivity index (χ4n) is 10.2. The monoisotopic (exact) mass is 821 g/mol. The van der Waals surface area contributed by atoms with Crippen LogP contribution in [0.3, 0.4) is 0 Å². The number of esters is 2. The third kappa shape index (κ3) is 11.3. The minimum absolute atomic E-state index is 0.0382. The highest BCUT2D eigenvalue weighted by molar-refractivity contribution is 5.77. The van der Waals surface area contributed by atoms with Gasteiger partial charge in [0.15, 0.2) is 23.0 Å². The molecule has 1 saturated heterocycles. The van der Waals surface area contributed by atoms with Gasteiger partial charge >= 0.3 is 24.1 Å². The fourth-order valence-corrected chi connectivity index (χ4v) is 10.2. The van der Waals surface area contributed by atoms with E-state index in [0.717, 1.165) is 36.8 Å². The number of hydrogen-bond donors (Lipinski definition) is 3. The number of fused-ring (bicyclic) bond motifs is 2. The maximum atomic E-state index is 13.0. The van der Waals surface area contributed by atoms with Crippen molar-refractivity contribution in [2.75, 3.05) is 34.5 Å². The van der Waals surface area contributed by atoms with Gasteiger partial charge in [-0.2, -0.15) is 0 Å². The van der Waals surface area contributed by atoms with E-state index < -0.39 is 24.2 Å². The molecule has 4 fully saturated rings. The van der Waals surface area contributed by atoms with Crippen LogP contribution in [0.2, 0.25) is 0 Å². The van der Waals surface area contributed by atoms with Crippen LogP contribution in [0.4, 0.5) is 9.59 Å². The summed E-state index contributed by atoms with van der Waals surface area (Å²) in [4.78, 5) is 51.6. The average Bonchev–Trinajstić information content (AvgIpc) is 3.54. The minimum Gasteiger partial charge on any atom is -0.493 e. The molecule has 14 heteroatoms. The number of rotatable bonds is 16. The quantitative estimate of drug-likeness (QED) is 0.119. The summed E-state index contributed by atoms with van der Waals surface area (Å²) in [6.07, 6.45) is 10.3. The second-order valence-corrected chi connectivity index (χ2v) is 17.5. The lowest BCUT2D eigenvalue weighted by Gasteiger charge is -2.52. The second kappa shape index (κ2) is 19.6. The molecule has 2 aromatic carbocycles. The van der Waals surface area contributed by atoms with Gasteiger partial charge in [0.1, 0.15) is 18.8 Å². The number of ether oxygens (including phenoxy) is 7. The van der Waals surface area contributed by atoms with Crippen LogP contribution < -0.4 is 35.3 Å². The molecule has 4 aliphatic rings. The maximum absolute atomic E-state index is 13.0. The Morgan fingerprint density at radius 3 is 2.24 bits per heavy atom. The maximum Gasteiger partial charge on any atom is 0.412 e. The van der Waals surface area contributed by atoms with Gasteiger partial charge in [-0.15, -0.1) is 0 Å². The number of benzene rings is 2. The highest BCUT2D eigenvalue weighted by atomic mass is 16.6. The normalized spacial score (nSPS) is 28.0. The lowest BCUT2D eigenvalue weighted by Crippen LogP contribution is -2.56. The van der Waals surface area contributed by atoms with Crippen LogP contribution >= 0.6 is 0 Å². The standard InChI is InChI=1S/C45H63N3O11/c1-6-17-45(24-30-8-7-18-44(2,23-30)27-45)48-43(52)57-26-35(46)41(50)58-33-13-11-32(12-14-33)47-42(51)59-37-16-10-29(22-39(37)55-5)20-34-31(25-56-40(34)49)19-28-9-15-36(53-3)38(21-28)54-4/h9-10,15-16,21-22,30-35H,6-8,11-14,17-20,23-27,46H2,1-5H3,(H,47,51)(H,48,52)/t30?,31-,32?,33?,34+,35-,44?,45?/m1/s1. The van der Waals surface area contributed by atoms with E-state index in [0.29, 0.717) is 68.3 Å². The predicted molar refractivity (Wildman–Crippen MR) is 219 cm³/mol. The first-order chi connectivity index (χ1) is 28.3. The van der Waals surface area contributed by atoms with Crippen LogP contribution in [0.5, 0.6) is 23.0 Å². The number of carbonyl (C=O) groups excluding carboxylic acids is 4. The summed E-state index contributed by atoms with van der Waals surface area (Å²) in [7, 11) is 4.67. The molecule has 324 valence electrons. The fraction of sp³-hybridized carbons (Fsp3) is 0.644. The zero-order chi connectivity index (χ0) is 42.2. The largest absolute Gasteiger partial charge is 0.493 e. The van der Waals surface area contributed by atoms with Crippen LogP contribution in [0.15, 0.2) is 36.4 Å². The second-order valence-electron chi connectivity index (χ2n) is 17.5. The molecule has 59 heavy (non-hydrogen) atoms. The molecule has 0 radical (unpaired) electrons. The summed E-state index contributed by atoms with van der Waals surface area (Å²) in [5.41, 5.74) is 7.90. The summed E-state index contributed by atoms with van der Waals surface area (Å²) in [5.74, 6) is 1.21. The Labute approximate surface area is 347 Å². The molecule has 0 spiro atoms. The van der Waals surface area contributed by atoms with E-state index in [-0.39, 0.29) is 53.3 Å². The van der Waals surface area contributed by atoms with E-state index in [9.17, 15) is 19.2 Å². The van der Waals surface area contributed by atoms with Crippen molar-refractivity contribution in [2.24, 2.45) is 28.9 Å². The number of methoxy groups -OCH3 is 3. The van der Waals surface area contributed by atoms with E-state index in [2.05, 4.69) is 24.5 Å². The number of cyclic esters (lactones) is 1. The molecule has 2 bridgehead atoms. The number of nitrogens with two attached hydrogens (primary N) is 1. The lowest BCUT2D eigenvalue weighted by atomic mass is 9.56. The predicted octanol–water partition coefficient (Wildman–Crippen LogP) is 6.81. The van der Waals surface area contributed by atoms with E-state index >= 15 is 0 Å². The first kappa shape index (κ1) is 43.8. The first-order valence-electron chi connectivity index (χ1n) is 21.3. The van der Waals surface area contributed by atoms with Gasteiger partial charge in [0.2, 0.25) is 0 Å². The Morgan fingerprint density at radius 1 is 0.881 bits per heavy atom.